The van der Waals surface area contributed by atoms with E-state index in [1.807, 2.05) is 0 Å². The number of anilines is 1. The molecule has 0 radical (unpaired) electrons. The van der Waals surface area contributed by atoms with Crippen LogP contribution in [0, 0.1) is 11.8 Å². The molecule has 0 fully saturated rings. The van der Waals surface area contributed by atoms with Crippen LogP contribution in [-0.4, -0.2) is 33.4 Å². The first-order chi connectivity index (χ1) is 8.11. The van der Waals surface area contributed by atoms with Crippen molar-refractivity contribution in [1.29, 1.82) is 0 Å². The standard InChI is InChI=1S/C10H12N4O3/c1-2-3-4-11-10(17)13-8-5-12-14(6-8)7-9(15)16/h5-6H,4,7H2,1H3,(H,15,16)(H2,11,13,17). The lowest BCUT2D eigenvalue weighted by Gasteiger charge is -2.01. The van der Waals surface area contributed by atoms with Crippen molar-refractivity contribution in [2.24, 2.45) is 0 Å². The summed E-state index contributed by atoms with van der Waals surface area (Å²) < 4.78 is 1.21. The van der Waals surface area contributed by atoms with Gasteiger partial charge in [0.2, 0.25) is 0 Å². The van der Waals surface area contributed by atoms with Gasteiger partial charge in [0.05, 0.1) is 18.4 Å². The number of nitrogens with zero attached hydrogens (tertiary/aromatic N) is 2. The van der Waals surface area contributed by atoms with Crippen molar-refractivity contribution in [2.45, 2.75) is 13.5 Å². The van der Waals surface area contributed by atoms with Gasteiger partial charge in [-0.2, -0.15) is 5.10 Å². The van der Waals surface area contributed by atoms with Gasteiger partial charge in [-0.05, 0) is 6.92 Å². The summed E-state index contributed by atoms with van der Waals surface area (Å²) in [5.41, 5.74) is 0.424. The molecule has 2 amide bonds. The highest BCUT2D eigenvalue weighted by Crippen LogP contribution is 2.03. The van der Waals surface area contributed by atoms with E-state index in [-0.39, 0.29) is 13.1 Å². The lowest BCUT2D eigenvalue weighted by atomic mass is 10.5. The molecule has 0 unspecified atom stereocenters. The van der Waals surface area contributed by atoms with Crippen molar-refractivity contribution in [3.05, 3.63) is 12.4 Å². The average molecular weight is 236 g/mol. The third kappa shape index (κ3) is 4.70. The summed E-state index contributed by atoms with van der Waals surface area (Å²) in [7, 11) is 0. The number of hydrogen-bond donors (Lipinski definition) is 3. The topological polar surface area (TPSA) is 96.3 Å². The van der Waals surface area contributed by atoms with E-state index in [0.717, 1.165) is 0 Å². The minimum atomic E-state index is -0.998. The van der Waals surface area contributed by atoms with Gasteiger partial charge in [0.25, 0.3) is 0 Å². The molecule has 1 rings (SSSR count). The second-order valence-corrected chi connectivity index (χ2v) is 3.05. The summed E-state index contributed by atoms with van der Waals surface area (Å²) >= 11 is 0. The Morgan fingerprint density at radius 1 is 1.59 bits per heavy atom. The highest BCUT2D eigenvalue weighted by molar-refractivity contribution is 5.89. The maximum absolute atomic E-state index is 11.3. The first-order valence-corrected chi connectivity index (χ1v) is 4.80. The molecule has 0 spiro atoms. The van der Waals surface area contributed by atoms with Gasteiger partial charge in [0, 0.05) is 6.20 Å². The zero-order valence-corrected chi connectivity index (χ0v) is 9.23. The normalized spacial score (nSPS) is 9.00. The van der Waals surface area contributed by atoms with Crippen LogP contribution in [-0.2, 0) is 11.3 Å². The van der Waals surface area contributed by atoms with Gasteiger partial charge in [-0.15, -0.1) is 5.92 Å². The number of nitrogens with one attached hydrogen (secondary N) is 2. The molecule has 0 atom stereocenters. The number of amides is 2. The maximum Gasteiger partial charge on any atom is 0.325 e. The summed E-state index contributed by atoms with van der Waals surface area (Å²) in [5.74, 6) is 4.32. The fourth-order valence-corrected chi connectivity index (χ4v) is 1.04. The molecule has 1 aromatic rings. The van der Waals surface area contributed by atoms with Gasteiger partial charge in [0.1, 0.15) is 6.54 Å². The minimum absolute atomic E-state index is 0.245. The highest BCUT2D eigenvalue weighted by atomic mass is 16.4. The Balaban J connectivity index is 2.44. The molecular formula is C10H12N4O3. The molecule has 17 heavy (non-hydrogen) atoms. The molecule has 0 aromatic carbocycles. The van der Waals surface area contributed by atoms with E-state index in [2.05, 4.69) is 27.6 Å². The van der Waals surface area contributed by atoms with Crippen molar-refractivity contribution in [1.82, 2.24) is 15.1 Å². The molecule has 3 N–H and O–H groups in total. The van der Waals surface area contributed by atoms with Crippen molar-refractivity contribution in [2.75, 3.05) is 11.9 Å². The molecule has 7 nitrogen and oxygen atoms in total. The van der Waals surface area contributed by atoms with E-state index < -0.39 is 12.0 Å². The van der Waals surface area contributed by atoms with Crippen molar-refractivity contribution in [3.8, 4) is 11.8 Å². The molecule has 0 aliphatic rings. The van der Waals surface area contributed by atoms with E-state index >= 15 is 0 Å². The second-order valence-electron chi connectivity index (χ2n) is 3.05. The van der Waals surface area contributed by atoms with E-state index in [1.165, 1.54) is 17.1 Å². The Hall–Kier alpha value is -2.49. The average Bonchev–Trinajstić information content (AvgIpc) is 2.64. The van der Waals surface area contributed by atoms with E-state index in [9.17, 15) is 9.59 Å². The lowest BCUT2D eigenvalue weighted by Crippen LogP contribution is -2.28. The van der Waals surface area contributed by atoms with Crippen LogP contribution in [0.1, 0.15) is 6.92 Å². The molecule has 0 bridgehead atoms. The number of carboxylic acids is 1. The zero-order chi connectivity index (χ0) is 12.7. The lowest BCUT2D eigenvalue weighted by molar-refractivity contribution is -0.137. The van der Waals surface area contributed by atoms with Crippen LogP contribution in [0.4, 0.5) is 10.5 Å². The summed E-state index contributed by atoms with van der Waals surface area (Å²) in [4.78, 5) is 21.7. The Labute approximate surface area is 97.8 Å². The van der Waals surface area contributed by atoms with Gasteiger partial charge in [0.15, 0.2) is 0 Å². The number of carbonyl (C=O) groups excluding carboxylic acids is 1. The predicted octanol–water partition coefficient (Wildman–Crippen LogP) is 0.112. The zero-order valence-electron chi connectivity index (χ0n) is 9.23. The third-order valence-electron chi connectivity index (χ3n) is 1.70. The molecule has 0 saturated carbocycles. The van der Waals surface area contributed by atoms with Crippen LogP contribution in [0.2, 0.25) is 0 Å². The van der Waals surface area contributed by atoms with Crippen LogP contribution in [0.25, 0.3) is 0 Å². The van der Waals surface area contributed by atoms with Crippen molar-refractivity contribution < 1.29 is 14.7 Å². The Morgan fingerprint density at radius 2 is 2.35 bits per heavy atom. The van der Waals surface area contributed by atoms with Crippen LogP contribution in [0.5, 0.6) is 0 Å². The summed E-state index contributed by atoms with van der Waals surface area (Å²) in [5, 5.41) is 17.3. The number of aromatic nitrogens is 2. The largest absolute Gasteiger partial charge is 0.480 e. The molecule has 0 aliphatic carbocycles. The molecule has 7 heteroatoms. The maximum atomic E-state index is 11.3. The molecule has 0 saturated heterocycles. The van der Waals surface area contributed by atoms with Gasteiger partial charge in [-0.25, -0.2) is 4.79 Å². The molecular weight excluding hydrogens is 224 g/mol. The highest BCUT2D eigenvalue weighted by Gasteiger charge is 2.04. The van der Waals surface area contributed by atoms with E-state index in [1.54, 1.807) is 6.92 Å². The van der Waals surface area contributed by atoms with Gasteiger partial charge >= 0.3 is 12.0 Å². The van der Waals surface area contributed by atoms with Crippen LogP contribution in [0.3, 0.4) is 0 Å². The first-order valence-electron chi connectivity index (χ1n) is 4.80. The monoisotopic (exact) mass is 236 g/mol. The van der Waals surface area contributed by atoms with Crippen molar-refractivity contribution >= 4 is 17.7 Å². The van der Waals surface area contributed by atoms with Crippen LogP contribution < -0.4 is 10.6 Å². The van der Waals surface area contributed by atoms with Crippen molar-refractivity contribution in [3.63, 3.8) is 0 Å². The van der Waals surface area contributed by atoms with Gasteiger partial charge < -0.3 is 15.7 Å². The van der Waals surface area contributed by atoms with Crippen LogP contribution in [0.15, 0.2) is 12.4 Å². The Bertz CT molecular complexity index is 469. The quantitative estimate of drug-likeness (QED) is 0.646. The minimum Gasteiger partial charge on any atom is -0.480 e. The Morgan fingerprint density at radius 3 is 3.00 bits per heavy atom. The summed E-state index contributed by atoms with van der Waals surface area (Å²) in [6, 6.07) is -0.414. The smallest absolute Gasteiger partial charge is 0.325 e. The fourth-order valence-electron chi connectivity index (χ4n) is 1.04. The molecule has 1 aromatic heterocycles. The van der Waals surface area contributed by atoms with Gasteiger partial charge in [-0.3, -0.25) is 9.48 Å². The second kappa shape index (κ2) is 6.17. The number of hydrogen-bond acceptors (Lipinski definition) is 3. The fraction of sp³-hybridized carbons (Fsp3) is 0.300. The third-order valence-corrected chi connectivity index (χ3v) is 1.70. The number of aliphatic carboxylic acids is 1. The summed E-state index contributed by atoms with van der Waals surface area (Å²) in [6.07, 6.45) is 2.80. The number of urea groups is 1. The number of carboxylic acid groups (broad SMARTS) is 1. The van der Waals surface area contributed by atoms with Crippen LogP contribution >= 0.6 is 0 Å². The molecule has 0 aliphatic heterocycles. The first kappa shape index (κ1) is 12.6. The number of rotatable bonds is 4. The summed E-state index contributed by atoms with van der Waals surface area (Å²) in [6.45, 7) is 1.69. The number of carbonyl (C=O) groups is 2. The molecule has 1 heterocycles. The van der Waals surface area contributed by atoms with E-state index in [0.29, 0.717) is 5.69 Å². The van der Waals surface area contributed by atoms with Gasteiger partial charge in [-0.1, -0.05) is 5.92 Å². The molecule has 90 valence electrons. The van der Waals surface area contributed by atoms with E-state index in [4.69, 9.17) is 5.11 Å². The SMILES string of the molecule is CC#CCNC(=O)Nc1cnn(CC(=O)O)c1. The Kier molecular flexibility index (Phi) is 4.57. The predicted molar refractivity (Wildman–Crippen MR) is 60.3 cm³/mol.